The molecule has 208 valence electrons. The van der Waals surface area contributed by atoms with Gasteiger partial charge in [0.2, 0.25) is 5.82 Å². The summed E-state index contributed by atoms with van der Waals surface area (Å²) in [6, 6.07) is 20.0. The van der Waals surface area contributed by atoms with E-state index in [1.54, 1.807) is 30.5 Å². The largest absolute Gasteiger partial charge is 0.461 e. The number of hydrogen-bond donors (Lipinski definition) is 0. The SMILES string of the molecule is O=C(c1csc(CSc2nnc(-c3ccco3)n2-c2ccc(F)cc2)n1)N1CCN(CC=Cc2ccccc2)CC1. The highest BCUT2D eigenvalue weighted by atomic mass is 32.2. The van der Waals surface area contributed by atoms with E-state index in [4.69, 9.17) is 4.42 Å². The smallest absolute Gasteiger partial charge is 0.273 e. The quantitative estimate of drug-likeness (QED) is 0.199. The molecule has 2 aromatic carbocycles. The topological polar surface area (TPSA) is 80.3 Å². The van der Waals surface area contributed by atoms with Crippen LogP contribution in [0.1, 0.15) is 21.1 Å². The van der Waals surface area contributed by atoms with E-state index in [-0.39, 0.29) is 11.7 Å². The molecule has 1 saturated heterocycles. The van der Waals surface area contributed by atoms with Gasteiger partial charge in [-0.1, -0.05) is 54.2 Å². The minimum absolute atomic E-state index is 0.0356. The van der Waals surface area contributed by atoms with Crippen LogP contribution in [0.15, 0.2) is 94.0 Å². The third-order valence-corrected chi connectivity index (χ3v) is 8.66. The van der Waals surface area contributed by atoms with Crippen LogP contribution >= 0.6 is 23.1 Å². The van der Waals surface area contributed by atoms with Crippen molar-refractivity contribution in [2.45, 2.75) is 10.9 Å². The van der Waals surface area contributed by atoms with E-state index in [1.807, 2.05) is 33.0 Å². The van der Waals surface area contributed by atoms with E-state index in [0.29, 0.717) is 41.3 Å². The zero-order valence-electron chi connectivity index (χ0n) is 22.1. The number of nitrogens with zero attached hydrogens (tertiary/aromatic N) is 6. The highest BCUT2D eigenvalue weighted by Gasteiger charge is 2.24. The molecule has 0 saturated carbocycles. The number of carbonyl (C=O) groups is 1. The van der Waals surface area contributed by atoms with Crippen LogP contribution in [0.5, 0.6) is 0 Å². The van der Waals surface area contributed by atoms with Crippen LogP contribution in [-0.2, 0) is 5.75 Å². The van der Waals surface area contributed by atoms with Crippen molar-refractivity contribution in [3.05, 3.63) is 107 Å². The van der Waals surface area contributed by atoms with Gasteiger partial charge in [0.05, 0.1) is 17.7 Å². The van der Waals surface area contributed by atoms with Crippen molar-refractivity contribution in [1.82, 2.24) is 29.5 Å². The van der Waals surface area contributed by atoms with Crippen molar-refractivity contribution < 1.29 is 13.6 Å². The van der Waals surface area contributed by atoms with E-state index in [2.05, 4.69) is 44.4 Å². The first-order chi connectivity index (χ1) is 20.1. The average molecular weight is 587 g/mol. The van der Waals surface area contributed by atoms with Crippen molar-refractivity contribution >= 4 is 35.1 Å². The van der Waals surface area contributed by atoms with Gasteiger partial charge in [0, 0.05) is 38.1 Å². The molecule has 0 radical (unpaired) electrons. The number of furan rings is 1. The molecule has 0 bridgehead atoms. The lowest BCUT2D eigenvalue weighted by atomic mass is 10.2. The number of halogens is 1. The summed E-state index contributed by atoms with van der Waals surface area (Å²) in [5.41, 5.74) is 2.38. The second kappa shape index (κ2) is 12.6. The van der Waals surface area contributed by atoms with Crippen LogP contribution < -0.4 is 0 Å². The number of amides is 1. The number of piperazine rings is 1. The van der Waals surface area contributed by atoms with Crippen LogP contribution in [0, 0.1) is 5.82 Å². The summed E-state index contributed by atoms with van der Waals surface area (Å²) in [6.45, 7) is 3.87. The highest BCUT2D eigenvalue weighted by molar-refractivity contribution is 7.98. The molecule has 11 heteroatoms. The first-order valence-corrected chi connectivity index (χ1v) is 15.1. The zero-order valence-corrected chi connectivity index (χ0v) is 23.7. The molecule has 8 nitrogen and oxygen atoms in total. The second-order valence-electron chi connectivity index (χ2n) is 9.42. The molecule has 0 atom stereocenters. The van der Waals surface area contributed by atoms with Gasteiger partial charge in [-0.3, -0.25) is 14.3 Å². The summed E-state index contributed by atoms with van der Waals surface area (Å²) in [5.74, 6) is 1.23. The maximum absolute atomic E-state index is 13.6. The monoisotopic (exact) mass is 586 g/mol. The van der Waals surface area contributed by atoms with E-state index in [9.17, 15) is 9.18 Å². The van der Waals surface area contributed by atoms with E-state index < -0.39 is 0 Å². The Hall–Kier alpha value is -4.06. The summed E-state index contributed by atoms with van der Waals surface area (Å²) in [6.07, 6.45) is 5.88. The molecule has 0 N–H and O–H groups in total. The van der Waals surface area contributed by atoms with Gasteiger partial charge in [-0.15, -0.1) is 21.5 Å². The number of aromatic nitrogens is 4. The summed E-state index contributed by atoms with van der Waals surface area (Å²) in [5, 5.41) is 11.9. The third-order valence-electron chi connectivity index (χ3n) is 6.69. The van der Waals surface area contributed by atoms with E-state index >= 15 is 0 Å². The van der Waals surface area contributed by atoms with Crippen LogP contribution in [0.4, 0.5) is 4.39 Å². The van der Waals surface area contributed by atoms with Gasteiger partial charge in [0.25, 0.3) is 5.91 Å². The molecule has 0 spiro atoms. The Morgan fingerprint density at radius 2 is 1.80 bits per heavy atom. The summed E-state index contributed by atoms with van der Waals surface area (Å²) >= 11 is 2.90. The first kappa shape index (κ1) is 27.1. The van der Waals surface area contributed by atoms with Gasteiger partial charge in [-0.25, -0.2) is 9.37 Å². The molecule has 6 rings (SSSR count). The number of benzene rings is 2. The molecule has 4 heterocycles. The lowest BCUT2D eigenvalue weighted by Crippen LogP contribution is -2.48. The number of rotatable bonds is 9. The fraction of sp³-hybridized carbons (Fsp3) is 0.200. The molecule has 3 aromatic heterocycles. The summed E-state index contributed by atoms with van der Waals surface area (Å²) < 4.78 is 21.0. The molecule has 1 fully saturated rings. The fourth-order valence-corrected chi connectivity index (χ4v) is 6.29. The Morgan fingerprint density at radius 3 is 2.56 bits per heavy atom. The number of hydrogen-bond acceptors (Lipinski definition) is 8. The molecule has 1 amide bonds. The van der Waals surface area contributed by atoms with Gasteiger partial charge in [-0.2, -0.15) is 0 Å². The molecule has 0 unspecified atom stereocenters. The van der Waals surface area contributed by atoms with Crippen LogP contribution in [-0.4, -0.2) is 68.2 Å². The van der Waals surface area contributed by atoms with Crippen LogP contribution in [0.2, 0.25) is 0 Å². The zero-order chi connectivity index (χ0) is 28.0. The Labute approximate surface area is 245 Å². The van der Waals surface area contributed by atoms with Crippen molar-refractivity contribution in [2.24, 2.45) is 0 Å². The number of thioether (sulfide) groups is 1. The molecule has 5 aromatic rings. The van der Waals surface area contributed by atoms with E-state index in [0.717, 1.165) is 30.3 Å². The molecular weight excluding hydrogens is 560 g/mol. The third kappa shape index (κ3) is 6.48. The molecule has 0 aliphatic carbocycles. The molecule has 1 aliphatic rings. The standard InChI is InChI=1S/C30H27FN6O2S2/c31-23-10-12-24(13-11-23)37-28(26-9-5-19-39-26)33-34-30(37)41-21-27-32-25(20-40-27)29(38)36-17-15-35(16-18-36)14-4-8-22-6-2-1-3-7-22/h1-13,19-20H,14-18,21H2. The summed E-state index contributed by atoms with van der Waals surface area (Å²) in [7, 11) is 0. The Kier molecular flexibility index (Phi) is 8.36. The van der Waals surface area contributed by atoms with Crippen molar-refractivity contribution in [2.75, 3.05) is 32.7 Å². The lowest BCUT2D eigenvalue weighted by Gasteiger charge is -2.33. The maximum Gasteiger partial charge on any atom is 0.273 e. The highest BCUT2D eigenvalue weighted by Crippen LogP contribution is 2.31. The first-order valence-electron chi connectivity index (χ1n) is 13.2. The van der Waals surface area contributed by atoms with Gasteiger partial charge < -0.3 is 9.32 Å². The van der Waals surface area contributed by atoms with Crippen molar-refractivity contribution in [1.29, 1.82) is 0 Å². The molecular formula is C30H27FN6O2S2. The Bertz CT molecular complexity index is 1610. The molecule has 41 heavy (non-hydrogen) atoms. The van der Waals surface area contributed by atoms with Crippen LogP contribution in [0.3, 0.4) is 0 Å². The van der Waals surface area contributed by atoms with Crippen LogP contribution in [0.25, 0.3) is 23.3 Å². The fourth-order valence-electron chi connectivity index (χ4n) is 4.55. The lowest BCUT2D eigenvalue weighted by molar-refractivity contribution is 0.0645. The Morgan fingerprint density at radius 1 is 1.00 bits per heavy atom. The van der Waals surface area contributed by atoms with E-state index in [1.165, 1.54) is 40.8 Å². The average Bonchev–Trinajstić information content (AvgIpc) is 3.79. The number of carbonyl (C=O) groups excluding carboxylic acids is 1. The Balaban J connectivity index is 1.06. The predicted octanol–water partition coefficient (Wildman–Crippen LogP) is 5.89. The second-order valence-corrected chi connectivity index (χ2v) is 11.3. The van der Waals surface area contributed by atoms with Gasteiger partial charge >= 0.3 is 0 Å². The summed E-state index contributed by atoms with van der Waals surface area (Å²) in [4.78, 5) is 22.0. The maximum atomic E-state index is 13.6. The minimum atomic E-state index is -0.322. The minimum Gasteiger partial charge on any atom is -0.461 e. The van der Waals surface area contributed by atoms with Crippen molar-refractivity contribution in [3.63, 3.8) is 0 Å². The predicted molar refractivity (Wildman–Crippen MR) is 159 cm³/mol. The number of thiazole rings is 1. The van der Waals surface area contributed by atoms with Gasteiger partial charge in [-0.05, 0) is 42.0 Å². The normalized spacial score (nSPS) is 14.2. The van der Waals surface area contributed by atoms with Gasteiger partial charge in [0.15, 0.2) is 10.9 Å². The van der Waals surface area contributed by atoms with Gasteiger partial charge in [0.1, 0.15) is 16.5 Å². The molecule has 1 aliphatic heterocycles. The van der Waals surface area contributed by atoms with Crippen molar-refractivity contribution in [3.8, 4) is 17.3 Å².